The summed E-state index contributed by atoms with van der Waals surface area (Å²) in [6, 6.07) is 0. The van der Waals surface area contributed by atoms with Gasteiger partial charge in [-0.2, -0.15) is 13.8 Å². The van der Waals surface area contributed by atoms with Gasteiger partial charge in [0.15, 0.2) is 5.82 Å². The summed E-state index contributed by atoms with van der Waals surface area (Å²) in [6.07, 6.45) is 1.46. The predicted molar refractivity (Wildman–Crippen MR) is 40.9 cm³/mol. The number of thioether (sulfide) groups is 1. The van der Waals surface area contributed by atoms with Gasteiger partial charge in [-0.05, 0) is 6.26 Å². The van der Waals surface area contributed by atoms with E-state index in [1.807, 2.05) is 0 Å². The SMILES string of the molecule is CSc1c(F)c(F)nc(F)c1Cl. The van der Waals surface area contributed by atoms with Crippen molar-refractivity contribution in [2.45, 2.75) is 4.90 Å². The smallest absolute Gasteiger partial charge is 0.201 e. The normalized spacial score (nSPS) is 10.4. The van der Waals surface area contributed by atoms with Gasteiger partial charge in [-0.1, -0.05) is 11.6 Å². The maximum atomic E-state index is 12.7. The van der Waals surface area contributed by atoms with Crippen LogP contribution >= 0.6 is 23.4 Å². The minimum Gasteiger partial charge on any atom is -0.201 e. The molecule has 0 aliphatic rings. The highest BCUT2D eigenvalue weighted by atomic mass is 35.5. The largest absolute Gasteiger partial charge is 0.252 e. The van der Waals surface area contributed by atoms with Crippen molar-refractivity contribution in [3.8, 4) is 0 Å². The van der Waals surface area contributed by atoms with Gasteiger partial charge >= 0.3 is 0 Å². The number of pyridine rings is 1. The van der Waals surface area contributed by atoms with Crippen LogP contribution in [0.2, 0.25) is 5.02 Å². The summed E-state index contributed by atoms with van der Waals surface area (Å²) in [5, 5.41) is -0.485. The van der Waals surface area contributed by atoms with Crippen LogP contribution in [0.5, 0.6) is 0 Å². The van der Waals surface area contributed by atoms with Crippen LogP contribution in [0.3, 0.4) is 0 Å². The van der Waals surface area contributed by atoms with Crippen LogP contribution < -0.4 is 0 Å². The number of rotatable bonds is 1. The third-order valence-corrected chi connectivity index (χ3v) is 2.41. The van der Waals surface area contributed by atoms with E-state index in [4.69, 9.17) is 11.6 Å². The third-order valence-electron chi connectivity index (χ3n) is 1.16. The highest BCUT2D eigenvalue weighted by Crippen LogP contribution is 2.30. The molecule has 12 heavy (non-hydrogen) atoms. The molecule has 1 aromatic rings. The Balaban J connectivity index is 3.42. The molecule has 0 aliphatic carbocycles. The summed E-state index contributed by atoms with van der Waals surface area (Å²) in [5.41, 5.74) is 0. The number of aromatic nitrogens is 1. The number of halogens is 4. The molecule has 1 heterocycles. The first-order valence-electron chi connectivity index (χ1n) is 2.82. The summed E-state index contributed by atoms with van der Waals surface area (Å²) in [4.78, 5) is 2.37. The van der Waals surface area contributed by atoms with Crippen LogP contribution in [0.1, 0.15) is 0 Å². The fraction of sp³-hybridized carbons (Fsp3) is 0.167. The van der Waals surface area contributed by atoms with E-state index in [1.54, 1.807) is 0 Å². The molecule has 0 fully saturated rings. The molecule has 0 spiro atoms. The Morgan fingerprint density at radius 3 is 2.33 bits per heavy atom. The maximum Gasteiger partial charge on any atom is 0.252 e. The van der Waals surface area contributed by atoms with Crippen molar-refractivity contribution in [2.24, 2.45) is 0 Å². The van der Waals surface area contributed by atoms with Crippen molar-refractivity contribution in [3.05, 3.63) is 22.7 Å². The third kappa shape index (κ3) is 1.51. The lowest BCUT2D eigenvalue weighted by Crippen LogP contribution is -1.97. The Hall–Kier alpha value is -0.420. The summed E-state index contributed by atoms with van der Waals surface area (Å²) >= 11 is 6.13. The van der Waals surface area contributed by atoms with Crippen LogP contribution in [-0.2, 0) is 0 Å². The fourth-order valence-electron chi connectivity index (χ4n) is 0.647. The Morgan fingerprint density at radius 2 is 1.83 bits per heavy atom. The van der Waals surface area contributed by atoms with Crippen molar-refractivity contribution in [2.75, 3.05) is 6.26 Å². The van der Waals surface area contributed by atoms with E-state index in [2.05, 4.69) is 4.98 Å². The molecule has 0 saturated heterocycles. The predicted octanol–water partition coefficient (Wildman–Crippen LogP) is 2.87. The number of nitrogens with zero attached hydrogens (tertiary/aromatic N) is 1. The fourth-order valence-corrected chi connectivity index (χ4v) is 1.53. The van der Waals surface area contributed by atoms with Crippen molar-refractivity contribution < 1.29 is 13.2 Å². The van der Waals surface area contributed by atoms with Gasteiger partial charge in [-0.15, -0.1) is 11.8 Å². The van der Waals surface area contributed by atoms with Crippen molar-refractivity contribution in [3.63, 3.8) is 0 Å². The molecule has 0 radical (unpaired) electrons. The van der Waals surface area contributed by atoms with Gasteiger partial charge in [0.1, 0.15) is 5.02 Å². The second-order valence-electron chi connectivity index (χ2n) is 1.85. The maximum absolute atomic E-state index is 12.7. The number of hydrogen-bond acceptors (Lipinski definition) is 2. The molecule has 66 valence electrons. The number of hydrogen-bond donors (Lipinski definition) is 0. The molecule has 1 rings (SSSR count). The second-order valence-corrected chi connectivity index (χ2v) is 3.05. The van der Waals surface area contributed by atoms with Gasteiger partial charge in [-0.3, -0.25) is 0 Å². The highest BCUT2D eigenvalue weighted by molar-refractivity contribution is 7.98. The molecule has 1 aromatic heterocycles. The molecule has 0 amide bonds. The summed E-state index contributed by atoms with van der Waals surface area (Å²) in [5.74, 6) is -3.88. The summed E-state index contributed by atoms with van der Waals surface area (Å²) in [7, 11) is 0. The van der Waals surface area contributed by atoms with Crippen molar-refractivity contribution in [1.29, 1.82) is 0 Å². The summed E-state index contributed by atoms with van der Waals surface area (Å²) in [6.45, 7) is 0. The molecule has 0 aromatic carbocycles. The first kappa shape index (κ1) is 9.67. The van der Waals surface area contributed by atoms with E-state index in [1.165, 1.54) is 6.26 Å². The minimum absolute atomic E-state index is 0.262. The molecule has 0 N–H and O–H groups in total. The lowest BCUT2D eigenvalue weighted by atomic mass is 10.4. The molecule has 0 atom stereocenters. The Kier molecular flexibility index (Phi) is 2.85. The minimum atomic E-state index is -1.47. The van der Waals surface area contributed by atoms with E-state index in [0.29, 0.717) is 0 Å². The van der Waals surface area contributed by atoms with E-state index in [-0.39, 0.29) is 4.90 Å². The second kappa shape index (κ2) is 3.53. The zero-order valence-electron chi connectivity index (χ0n) is 5.87. The quantitative estimate of drug-likeness (QED) is 0.526. The van der Waals surface area contributed by atoms with E-state index in [0.717, 1.165) is 11.8 Å². The van der Waals surface area contributed by atoms with Crippen molar-refractivity contribution >= 4 is 23.4 Å². The molecule has 0 saturated carbocycles. The van der Waals surface area contributed by atoms with Gasteiger partial charge in [0.05, 0.1) is 4.90 Å². The van der Waals surface area contributed by atoms with Crippen molar-refractivity contribution in [1.82, 2.24) is 4.98 Å². The van der Waals surface area contributed by atoms with Gasteiger partial charge in [-0.25, -0.2) is 4.39 Å². The van der Waals surface area contributed by atoms with E-state index >= 15 is 0 Å². The van der Waals surface area contributed by atoms with E-state index < -0.39 is 22.7 Å². The first-order chi connectivity index (χ1) is 5.57. The monoisotopic (exact) mass is 213 g/mol. The average Bonchev–Trinajstić information content (AvgIpc) is 2.02. The van der Waals surface area contributed by atoms with Crippen LogP contribution in [0.4, 0.5) is 13.2 Å². The highest BCUT2D eigenvalue weighted by Gasteiger charge is 2.17. The average molecular weight is 214 g/mol. The molecule has 1 nitrogen and oxygen atoms in total. The van der Waals surface area contributed by atoms with Gasteiger partial charge in [0, 0.05) is 0 Å². The lowest BCUT2D eigenvalue weighted by Gasteiger charge is -2.02. The van der Waals surface area contributed by atoms with E-state index in [9.17, 15) is 13.2 Å². The zero-order chi connectivity index (χ0) is 9.30. The Morgan fingerprint density at radius 1 is 1.25 bits per heavy atom. The Labute approximate surface area is 75.9 Å². The molecule has 0 bridgehead atoms. The van der Waals surface area contributed by atoms with Gasteiger partial charge in [0.2, 0.25) is 5.95 Å². The van der Waals surface area contributed by atoms with Crippen LogP contribution in [-0.4, -0.2) is 11.2 Å². The standard InChI is InChI=1S/C6H3ClF3NS/c1-12-4-2(7)5(9)11-6(10)3(4)8/h1H3. The van der Waals surface area contributed by atoms with Gasteiger partial charge in [0.25, 0.3) is 5.95 Å². The molecule has 0 unspecified atom stereocenters. The molecule has 0 aliphatic heterocycles. The Bertz CT molecular complexity index is 292. The molecule has 6 heteroatoms. The molecular formula is C6H3ClF3NS. The van der Waals surface area contributed by atoms with Gasteiger partial charge < -0.3 is 0 Å². The lowest BCUT2D eigenvalue weighted by molar-refractivity contribution is 0.432. The summed E-state index contributed by atoms with van der Waals surface area (Å²) < 4.78 is 37.7. The zero-order valence-corrected chi connectivity index (χ0v) is 7.44. The van der Waals surface area contributed by atoms with Crippen LogP contribution in [0.15, 0.2) is 4.90 Å². The first-order valence-corrected chi connectivity index (χ1v) is 4.42. The molecular weight excluding hydrogens is 211 g/mol. The van der Waals surface area contributed by atoms with Crippen LogP contribution in [0.25, 0.3) is 0 Å². The van der Waals surface area contributed by atoms with Crippen LogP contribution in [0, 0.1) is 17.7 Å². The topological polar surface area (TPSA) is 12.9 Å².